The van der Waals surface area contributed by atoms with Crippen LogP contribution in [0.15, 0.2) is 35.2 Å². The fourth-order valence-electron chi connectivity index (χ4n) is 2.09. The number of halogens is 2. The van der Waals surface area contributed by atoms with E-state index in [1.807, 2.05) is 0 Å². The minimum Gasteiger partial charge on any atom is -0.465 e. The maximum Gasteiger partial charge on any atom is 0.337 e. The first-order chi connectivity index (χ1) is 11.2. The summed E-state index contributed by atoms with van der Waals surface area (Å²) in [7, 11) is -2.61. The molecule has 128 valence electrons. The van der Waals surface area contributed by atoms with Gasteiger partial charge in [0.1, 0.15) is 0 Å². The van der Waals surface area contributed by atoms with Gasteiger partial charge in [-0.15, -0.1) is 0 Å². The molecule has 5 nitrogen and oxygen atoms in total. The molecule has 0 bridgehead atoms. The molecule has 0 radical (unpaired) electrons. The van der Waals surface area contributed by atoms with E-state index in [2.05, 4.69) is 9.46 Å². The molecule has 0 saturated heterocycles. The van der Waals surface area contributed by atoms with Crippen molar-refractivity contribution in [2.24, 2.45) is 0 Å². The summed E-state index contributed by atoms with van der Waals surface area (Å²) in [4.78, 5) is 11.6. The highest BCUT2D eigenvalue weighted by atomic mass is 35.5. The highest BCUT2D eigenvalue weighted by Crippen LogP contribution is 2.29. The average Bonchev–Trinajstić information content (AvgIpc) is 2.51. The lowest BCUT2D eigenvalue weighted by molar-refractivity contribution is 0.0601. The number of benzene rings is 2. The predicted molar refractivity (Wildman–Crippen MR) is 94.5 cm³/mol. The largest absolute Gasteiger partial charge is 0.465 e. The van der Waals surface area contributed by atoms with E-state index < -0.39 is 16.0 Å². The van der Waals surface area contributed by atoms with E-state index in [0.29, 0.717) is 16.1 Å². The van der Waals surface area contributed by atoms with Crippen LogP contribution in [0.2, 0.25) is 10.0 Å². The van der Waals surface area contributed by atoms with Gasteiger partial charge >= 0.3 is 5.97 Å². The maximum absolute atomic E-state index is 12.6. The molecule has 24 heavy (non-hydrogen) atoms. The summed E-state index contributed by atoms with van der Waals surface area (Å²) in [5.74, 6) is -0.560. The van der Waals surface area contributed by atoms with E-state index in [0.717, 1.165) is 0 Å². The summed E-state index contributed by atoms with van der Waals surface area (Å²) in [6.45, 7) is 3.38. The van der Waals surface area contributed by atoms with Crippen LogP contribution in [0.25, 0.3) is 0 Å². The van der Waals surface area contributed by atoms with Gasteiger partial charge in [0.05, 0.1) is 28.3 Å². The van der Waals surface area contributed by atoms with Crippen molar-refractivity contribution in [2.45, 2.75) is 18.7 Å². The third-order valence-electron chi connectivity index (χ3n) is 3.38. The highest BCUT2D eigenvalue weighted by molar-refractivity contribution is 7.92. The number of hydrogen-bond acceptors (Lipinski definition) is 4. The van der Waals surface area contributed by atoms with Gasteiger partial charge in [0, 0.05) is 5.02 Å². The molecule has 0 aliphatic rings. The van der Waals surface area contributed by atoms with Crippen molar-refractivity contribution in [1.29, 1.82) is 0 Å². The molecule has 0 heterocycles. The number of esters is 1. The fourth-order valence-corrected chi connectivity index (χ4v) is 3.98. The predicted octanol–water partition coefficient (Wildman–Crippen LogP) is 4.20. The van der Waals surface area contributed by atoms with Crippen LogP contribution in [-0.2, 0) is 14.8 Å². The quantitative estimate of drug-likeness (QED) is 0.797. The normalized spacial score (nSPS) is 11.2. The van der Waals surface area contributed by atoms with Crippen LogP contribution >= 0.6 is 23.2 Å². The maximum atomic E-state index is 12.6. The van der Waals surface area contributed by atoms with E-state index >= 15 is 0 Å². The first-order valence-corrected chi connectivity index (χ1v) is 9.07. The average molecular weight is 388 g/mol. The summed E-state index contributed by atoms with van der Waals surface area (Å²) >= 11 is 12.1. The molecule has 0 aliphatic carbocycles. The number of carbonyl (C=O) groups is 1. The standard InChI is InChI=1S/C16H15Cl2NO4S/c1-9-7-15(10(2)6-12(9)17)24(21,22)19-14-5-4-11(8-13(14)18)16(20)23-3/h4-8,19H,1-3H3. The number of sulfonamides is 1. The van der Waals surface area contributed by atoms with E-state index in [1.165, 1.54) is 31.4 Å². The Kier molecular flexibility index (Phi) is 5.42. The molecule has 0 saturated carbocycles. The highest BCUT2D eigenvalue weighted by Gasteiger charge is 2.20. The molecule has 2 rings (SSSR count). The second kappa shape index (κ2) is 7.01. The molecule has 0 unspecified atom stereocenters. The molecule has 0 aromatic heterocycles. The molecular formula is C16H15Cl2NO4S. The van der Waals surface area contributed by atoms with Gasteiger partial charge in [0.25, 0.3) is 10.0 Å². The lowest BCUT2D eigenvalue weighted by Gasteiger charge is -2.13. The van der Waals surface area contributed by atoms with Crippen molar-refractivity contribution in [1.82, 2.24) is 0 Å². The molecule has 1 N–H and O–H groups in total. The zero-order valence-electron chi connectivity index (χ0n) is 13.2. The second-order valence-electron chi connectivity index (χ2n) is 5.16. The molecule has 0 atom stereocenters. The van der Waals surface area contributed by atoms with Crippen molar-refractivity contribution in [3.05, 3.63) is 57.1 Å². The van der Waals surface area contributed by atoms with Gasteiger partial charge in [0.2, 0.25) is 0 Å². The van der Waals surface area contributed by atoms with Crippen molar-refractivity contribution in [3.8, 4) is 0 Å². The number of anilines is 1. The minimum absolute atomic E-state index is 0.0878. The summed E-state index contributed by atoms with van der Waals surface area (Å²) in [6, 6.07) is 7.26. The van der Waals surface area contributed by atoms with Crippen molar-refractivity contribution in [3.63, 3.8) is 0 Å². The van der Waals surface area contributed by atoms with Crippen LogP contribution in [0.4, 0.5) is 5.69 Å². The van der Waals surface area contributed by atoms with Gasteiger partial charge in [-0.05, 0) is 55.3 Å². The molecule has 0 fully saturated rings. The summed E-state index contributed by atoms with van der Waals surface area (Å²) < 4.78 is 32.2. The number of aryl methyl sites for hydroxylation is 2. The molecule has 2 aromatic rings. The third kappa shape index (κ3) is 3.83. The Morgan fingerprint density at radius 3 is 2.29 bits per heavy atom. The van der Waals surface area contributed by atoms with Crippen LogP contribution in [0.5, 0.6) is 0 Å². The Balaban J connectivity index is 2.40. The molecule has 0 spiro atoms. The topological polar surface area (TPSA) is 72.5 Å². The lowest BCUT2D eigenvalue weighted by atomic mass is 10.2. The van der Waals surface area contributed by atoms with Crippen LogP contribution in [0.1, 0.15) is 21.5 Å². The van der Waals surface area contributed by atoms with Gasteiger partial charge in [-0.25, -0.2) is 13.2 Å². The Morgan fingerprint density at radius 2 is 1.71 bits per heavy atom. The van der Waals surface area contributed by atoms with Gasteiger partial charge in [-0.1, -0.05) is 23.2 Å². The molecule has 0 aliphatic heterocycles. The SMILES string of the molecule is COC(=O)c1ccc(NS(=O)(=O)c2cc(C)c(Cl)cc2C)c(Cl)c1. The third-order valence-corrected chi connectivity index (χ3v) is 5.61. The molecule has 2 aromatic carbocycles. The summed E-state index contributed by atoms with van der Waals surface area (Å²) in [5.41, 5.74) is 1.55. The van der Waals surface area contributed by atoms with E-state index in [4.69, 9.17) is 23.2 Å². The lowest BCUT2D eigenvalue weighted by Crippen LogP contribution is -2.15. The van der Waals surface area contributed by atoms with Crippen molar-refractivity contribution >= 4 is 44.9 Å². The van der Waals surface area contributed by atoms with Crippen LogP contribution in [-0.4, -0.2) is 21.5 Å². The van der Waals surface area contributed by atoms with Gasteiger partial charge in [-0.2, -0.15) is 0 Å². The van der Waals surface area contributed by atoms with E-state index in [9.17, 15) is 13.2 Å². The minimum atomic E-state index is -3.85. The van der Waals surface area contributed by atoms with Crippen LogP contribution in [0.3, 0.4) is 0 Å². The van der Waals surface area contributed by atoms with Gasteiger partial charge < -0.3 is 4.74 Å². The Labute approximate surface area is 150 Å². The van der Waals surface area contributed by atoms with Crippen molar-refractivity contribution < 1.29 is 17.9 Å². The first-order valence-electron chi connectivity index (χ1n) is 6.83. The van der Waals surface area contributed by atoms with E-state index in [1.54, 1.807) is 19.9 Å². The molecular weight excluding hydrogens is 373 g/mol. The van der Waals surface area contributed by atoms with Gasteiger partial charge in [0.15, 0.2) is 0 Å². The first kappa shape index (κ1) is 18.6. The molecule has 0 amide bonds. The van der Waals surface area contributed by atoms with Crippen LogP contribution in [0, 0.1) is 13.8 Å². The van der Waals surface area contributed by atoms with Crippen LogP contribution < -0.4 is 4.72 Å². The number of ether oxygens (including phenoxy) is 1. The second-order valence-corrected chi connectivity index (χ2v) is 7.62. The van der Waals surface area contributed by atoms with Crippen molar-refractivity contribution in [2.75, 3.05) is 11.8 Å². The molecule has 8 heteroatoms. The Bertz CT molecular complexity index is 911. The Morgan fingerprint density at radius 1 is 1.04 bits per heavy atom. The zero-order chi connectivity index (χ0) is 18.1. The zero-order valence-corrected chi connectivity index (χ0v) is 15.5. The number of nitrogens with one attached hydrogen (secondary N) is 1. The Hall–Kier alpha value is -1.76. The summed E-state index contributed by atoms with van der Waals surface area (Å²) in [6.07, 6.45) is 0. The van der Waals surface area contributed by atoms with E-state index in [-0.39, 0.29) is 21.2 Å². The fraction of sp³-hybridized carbons (Fsp3) is 0.188. The smallest absolute Gasteiger partial charge is 0.337 e. The number of methoxy groups -OCH3 is 1. The number of rotatable bonds is 4. The van der Waals surface area contributed by atoms with Gasteiger partial charge in [-0.3, -0.25) is 4.72 Å². The monoisotopic (exact) mass is 387 g/mol. The number of hydrogen-bond donors (Lipinski definition) is 1. The number of carbonyl (C=O) groups excluding carboxylic acids is 1. The summed E-state index contributed by atoms with van der Waals surface area (Å²) in [5, 5.41) is 0.580.